The van der Waals surface area contributed by atoms with E-state index in [1.807, 2.05) is 0 Å². The molecular formula is C9H15NOS. The SMILES string of the molecule is CC(C)(C)Cc1ncc(CO)s1. The van der Waals surface area contributed by atoms with Gasteiger partial charge in [0.15, 0.2) is 0 Å². The van der Waals surface area contributed by atoms with Crippen LogP contribution in [0.1, 0.15) is 30.7 Å². The summed E-state index contributed by atoms with van der Waals surface area (Å²) in [5.41, 5.74) is 0.282. The van der Waals surface area contributed by atoms with Crippen molar-refractivity contribution in [3.05, 3.63) is 16.1 Å². The molecule has 68 valence electrons. The molecule has 0 aliphatic heterocycles. The lowest BCUT2D eigenvalue weighted by molar-refractivity contribution is 0.285. The molecule has 1 aromatic heterocycles. The molecule has 1 N–H and O–H groups in total. The van der Waals surface area contributed by atoms with Gasteiger partial charge in [-0.25, -0.2) is 4.98 Å². The van der Waals surface area contributed by atoms with Crippen LogP contribution in [0.25, 0.3) is 0 Å². The zero-order valence-corrected chi connectivity index (χ0v) is 8.61. The monoisotopic (exact) mass is 185 g/mol. The highest BCUT2D eigenvalue weighted by Gasteiger charge is 2.13. The maximum absolute atomic E-state index is 8.82. The van der Waals surface area contributed by atoms with Gasteiger partial charge in [-0.15, -0.1) is 11.3 Å². The summed E-state index contributed by atoms with van der Waals surface area (Å²) in [4.78, 5) is 5.18. The Kier molecular flexibility index (Phi) is 2.85. The predicted octanol–water partition coefficient (Wildman–Crippen LogP) is 2.22. The van der Waals surface area contributed by atoms with Gasteiger partial charge in [-0.2, -0.15) is 0 Å². The molecule has 1 heterocycles. The minimum Gasteiger partial charge on any atom is -0.391 e. The molecule has 0 aromatic carbocycles. The summed E-state index contributed by atoms with van der Waals surface area (Å²) in [6.45, 7) is 6.68. The number of hydrogen-bond acceptors (Lipinski definition) is 3. The molecule has 2 nitrogen and oxygen atoms in total. The number of thiazole rings is 1. The summed E-state index contributed by atoms with van der Waals surface area (Å²) in [7, 11) is 0. The maximum Gasteiger partial charge on any atom is 0.0933 e. The normalized spacial score (nSPS) is 12.0. The second-order valence-electron chi connectivity index (χ2n) is 4.12. The van der Waals surface area contributed by atoms with Gasteiger partial charge in [0.05, 0.1) is 16.5 Å². The number of aliphatic hydroxyl groups excluding tert-OH is 1. The van der Waals surface area contributed by atoms with E-state index < -0.39 is 0 Å². The molecule has 0 unspecified atom stereocenters. The average Bonchev–Trinajstić information content (AvgIpc) is 2.32. The third kappa shape index (κ3) is 2.91. The quantitative estimate of drug-likeness (QED) is 0.766. The van der Waals surface area contributed by atoms with Gasteiger partial charge < -0.3 is 5.11 Å². The van der Waals surface area contributed by atoms with E-state index in [0.29, 0.717) is 0 Å². The fraction of sp³-hybridized carbons (Fsp3) is 0.667. The van der Waals surface area contributed by atoms with Crippen molar-refractivity contribution < 1.29 is 5.11 Å². The summed E-state index contributed by atoms with van der Waals surface area (Å²) in [6.07, 6.45) is 2.74. The summed E-state index contributed by atoms with van der Waals surface area (Å²) in [6, 6.07) is 0. The fourth-order valence-electron chi connectivity index (χ4n) is 0.957. The Balaban J connectivity index is 2.64. The number of rotatable bonds is 2. The first-order valence-corrected chi connectivity index (χ1v) is 4.87. The van der Waals surface area contributed by atoms with Crippen molar-refractivity contribution in [2.75, 3.05) is 0 Å². The maximum atomic E-state index is 8.82. The topological polar surface area (TPSA) is 33.1 Å². The van der Waals surface area contributed by atoms with Crippen molar-refractivity contribution in [2.24, 2.45) is 5.41 Å². The highest BCUT2D eigenvalue weighted by molar-refractivity contribution is 7.11. The van der Waals surface area contributed by atoms with Crippen molar-refractivity contribution in [1.29, 1.82) is 0 Å². The highest BCUT2D eigenvalue weighted by atomic mass is 32.1. The van der Waals surface area contributed by atoms with Gasteiger partial charge in [-0.1, -0.05) is 20.8 Å². The van der Waals surface area contributed by atoms with Crippen molar-refractivity contribution in [3.63, 3.8) is 0 Å². The largest absolute Gasteiger partial charge is 0.391 e. The Bertz CT molecular complexity index is 249. The Labute approximate surface area is 77.3 Å². The van der Waals surface area contributed by atoms with E-state index >= 15 is 0 Å². The van der Waals surface area contributed by atoms with E-state index in [1.165, 1.54) is 0 Å². The van der Waals surface area contributed by atoms with Gasteiger partial charge in [0.1, 0.15) is 0 Å². The standard InChI is InChI=1S/C9H15NOS/c1-9(2,3)4-8-10-5-7(6-11)12-8/h5,11H,4,6H2,1-3H3. The van der Waals surface area contributed by atoms with Gasteiger partial charge in [0.2, 0.25) is 0 Å². The Hall–Kier alpha value is -0.410. The van der Waals surface area contributed by atoms with Crippen LogP contribution in [-0.4, -0.2) is 10.1 Å². The first kappa shape index (κ1) is 9.68. The molecule has 3 heteroatoms. The van der Waals surface area contributed by atoms with Crippen LogP contribution in [0.4, 0.5) is 0 Å². The van der Waals surface area contributed by atoms with Crippen LogP contribution < -0.4 is 0 Å². The molecular weight excluding hydrogens is 170 g/mol. The summed E-state index contributed by atoms with van der Waals surface area (Å²) < 4.78 is 0. The van der Waals surface area contributed by atoms with E-state index in [9.17, 15) is 0 Å². The van der Waals surface area contributed by atoms with E-state index in [0.717, 1.165) is 16.3 Å². The van der Waals surface area contributed by atoms with Crippen molar-refractivity contribution >= 4 is 11.3 Å². The van der Waals surface area contributed by atoms with Crippen molar-refractivity contribution in [3.8, 4) is 0 Å². The van der Waals surface area contributed by atoms with Crippen LogP contribution in [0.15, 0.2) is 6.20 Å². The van der Waals surface area contributed by atoms with Crippen molar-refractivity contribution in [2.45, 2.75) is 33.8 Å². The third-order valence-electron chi connectivity index (χ3n) is 1.44. The number of nitrogens with zero attached hydrogens (tertiary/aromatic N) is 1. The highest BCUT2D eigenvalue weighted by Crippen LogP contribution is 2.23. The number of aromatic nitrogens is 1. The van der Waals surface area contributed by atoms with Crippen LogP contribution in [0, 0.1) is 5.41 Å². The molecule has 0 saturated carbocycles. The lowest BCUT2D eigenvalue weighted by atomic mass is 9.93. The molecule has 0 atom stereocenters. The van der Waals surface area contributed by atoms with Gasteiger partial charge in [-0.05, 0) is 5.41 Å². The van der Waals surface area contributed by atoms with E-state index in [-0.39, 0.29) is 12.0 Å². The van der Waals surface area contributed by atoms with Crippen molar-refractivity contribution in [1.82, 2.24) is 4.98 Å². The molecule has 0 aliphatic carbocycles. The minimum atomic E-state index is 0.113. The van der Waals surface area contributed by atoms with Crippen LogP contribution in [0.5, 0.6) is 0 Å². The molecule has 0 bridgehead atoms. The number of aliphatic hydroxyl groups is 1. The van der Waals surface area contributed by atoms with Crippen LogP contribution in [-0.2, 0) is 13.0 Å². The van der Waals surface area contributed by atoms with E-state index in [4.69, 9.17) is 5.11 Å². The molecule has 0 aliphatic rings. The van der Waals surface area contributed by atoms with Crippen LogP contribution in [0.2, 0.25) is 0 Å². The smallest absolute Gasteiger partial charge is 0.0933 e. The second-order valence-corrected chi connectivity index (χ2v) is 5.32. The molecule has 0 radical (unpaired) electrons. The van der Waals surface area contributed by atoms with Gasteiger partial charge in [0, 0.05) is 12.6 Å². The summed E-state index contributed by atoms with van der Waals surface area (Å²) >= 11 is 1.60. The summed E-state index contributed by atoms with van der Waals surface area (Å²) in [5, 5.41) is 9.94. The van der Waals surface area contributed by atoms with E-state index in [2.05, 4.69) is 25.8 Å². The van der Waals surface area contributed by atoms with Crippen LogP contribution >= 0.6 is 11.3 Å². The van der Waals surface area contributed by atoms with Gasteiger partial charge >= 0.3 is 0 Å². The molecule has 12 heavy (non-hydrogen) atoms. The lowest BCUT2D eigenvalue weighted by Crippen LogP contribution is -2.08. The molecule has 1 rings (SSSR count). The molecule has 0 spiro atoms. The molecule has 1 aromatic rings. The predicted molar refractivity (Wildman–Crippen MR) is 51.2 cm³/mol. The Morgan fingerprint density at radius 3 is 2.58 bits per heavy atom. The summed E-state index contributed by atoms with van der Waals surface area (Å²) in [5.74, 6) is 0. The zero-order valence-electron chi connectivity index (χ0n) is 7.79. The first-order chi connectivity index (χ1) is 5.51. The van der Waals surface area contributed by atoms with Gasteiger partial charge in [0.25, 0.3) is 0 Å². The minimum absolute atomic E-state index is 0.113. The lowest BCUT2D eigenvalue weighted by Gasteiger charge is -2.15. The van der Waals surface area contributed by atoms with Crippen LogP contribution in [0.3, 0.4) is 0 Å². The van der Waals surface area contributed by atoms with Gasteiger partial charge in [-0.3, -0.25) is 0 Å². The second kappa shape index (κ2) is 3.54. The Morgan fingerprint density at radius 1 is 1.50 bits per heavy atom. The number of hydrogen-bond donors (Lipinski definition) is 1. The average molecular weight is 185 g/mol. The Morgan fingerprint density at radius 2 is 2.17 bits per heavy atom. The molecule has 0 amide bonds. The molecule has 0 saturated heterocycles. The first-order valence-electron chi connectivity index (χ1n) is 4.06. The fourth-order valence-corrected chi connectivity index (χ4v) is 2.04. The van der Waals surface area contributed by atoms with E-state index in [1.54, 1.807) is 17.5 Å². The zero-order chi connectivity index (χ0) is 9.19. The molecule has 0 fully saturated rings. The third-order valence-corrected chi connectivity index (χ3v) is 2.42.